The van der Waals surface area contributed by atoms with Gasteiger partial charge in [0.2, 0.25) is 0 Å². The minimum atomic E-state index is -0.824. The van der Waals surface area contributed by atoms with Crippen molar-refractivity contribution in [2.45, 2.75) is 242 Å². The van der Waals surface area contributed by atoms with Crippen LogP contribution in [-0.4, -0.2) is 153 Å². The third-order valence-corrected chi connectivity index (χ3v) is 21.6. The van der Waals surface area contributed by atoms with Gasteiger partial charge in [-0.25, -0.2) is 13.8 Å². The zero-order valence-electron chi connectivity index (χ0n) is 70.8. The third-order valence-electron chi connectivity index (χ3n) is 21.6. The van der Waals surface area contributed by atoms with E-state index in [0.717, 1.165) is 88.1 Å². The van der Waals surface area contributed by atoms with Crippen LogP contribution in [0.25, 0.3) is 54.3 Å². The number of para-hydroxylation sites is 1. The number of hydrogen-bond acceptors (Lipinski definition) is 18. The number of ether oxygens (including phenoxy) is 4. The van der Waals surface area contributed by atoms with E-state index in [1.54, 1.807) is 38.4 Å². The average Bonchev–Trinajstić information content (AvgIpc) is 1.25. The molecule has 6 aromatic heterocycles. The molecule has 4 aliphatic rings. The van der Waals surface area contributed by atoms with Crippen LogP contribution in [0.4, 0.5) is 14.5 Å². The summed E-state index contributed by atoms with van der Waals surface area (Å²) in [5.74, 6) is 4.74. The van der Waals surface area contributed by atoms with E-state index < -0.39 is 71.5 Å². The molecule has 10 heterocycles. The Labute approximate surface area is 710 Å². The molecule has 4 unspecified atom stereocenters. The summed E-state index contributed by atoms with van der Waals surface area (Å²) in [4.78, 5) is 52.0. The molecular formula is C95H120F2N8O17. The Balaban J connectivity index is 0.000000177. The first-order valence-corrected chi connectivity index (χ1v) is 40.1. The smallest absolute Gasteiger partial charge is 0.270 e. The lowest BCUT2D eigenvalue weighted by atomic mass is 10.0. The fourth-order valence-electron chi connectivity index (χ4n) is 15.0. The zero-order valence-corrected chi connectivity index (χ0v) is 70.8. The van der Waals surface area contributed by atoms with Crippen molar-refractivity contribution in [2.75, 3.05) is 26.4 Å². The summed E-state index contributed by atoms with van der Waals surface area (Å²) in [5.41, 5.74) is 9.38. The van der Waals surface area contributed by atoms with Crippen molar-refractivity contribution >= 4 is 59.9 Å². The maximum Gasteiger partial charge on any atom is 0.270 e. The summed E-state index contributed by atoms with van der Waals surface area (Å²) in [6.45, 7) is 30.8. The lowest BCUT2D eigenvalue weighted by Crippen LogP contribution is -2.34. The maximum absolute atomic E-state index is 13.6. The number of imidazole rings is 1. The van der Waals surface area contributed by atoms with E-state index in [1.165, 1.54) is 30.7 Å². The van der Waals surface area contributed by atoms with Crippen LogP contribution in [-0.2, 0) is 35.6 Å². The first-order valence-electron chi connectivity index (χ1n) is 40.1. The summed E-state index contributed by atoms with van der Waals surface area (Å²) >= 11 is 0. The highest BCUT2D eigenvalue weighted by molar-refractivity contribution is 5.90. The van der Waals surface area contributed by atoms with Gasteiger partial charge in [0.25, 0.3) is 22.4 Å². The Hall–Kier alpha value is -10.4. The largest absolute Gasteiger partial charge is 0.394 e. The molecule has 0 aliphatic carbocycles. The molecule has 16 rings (SSSR count). The Morgan fingerprint density at radius 1 is 0.484 bits per heavy atom. The second-order valence-electron chi connectivity index (χ2n) is 33.8. The van der Waals surface area contributed by atoms with Gasteiger partial charge in [0, 0.05) is 125 Å². The number of fused-ring (bicyclic) bond motifs is 5. The monoisotopic (exact) mass is 1680 g/mol. The van der Waals surface area contributed by atoms with E-state index in [-0.39, 0.29) is 111 Å². The molecule has 0 saturated carbocycles. The van der Waals surface area contributed by atoms with E-state index in [2.05, 4.69) is 16.8 Å². The van der Waals surface area contributed by atoms with Crippen LogP contribution >= 0.6 is 0 Å². The Bertz CT molecular complexity index is 5850. The number of nitrogens with zero attached hydrogens (tertiary/aromatic N) is 8. The SMILES string of the molecule is C.C.CC#Cc1cn(C(C)(C)C)c(=O)c2c(C)cccc12.Cc1cc([C@H]2CC(O)[C@@H](CO)O2)c(F)cc1F.Cc1ccc2c(=O)n(C(C)(C)C)ccc2c1.Cc1cccc2c1ncn2[C@H]1CC(O)[C@@H](CO)O1.Cc1cccc2ccn(C(C)(C)C)c(=O)c12.Cc1ccn([C@H]2CC(O)[C@@H](CO)O2)c1.O=[N+]([O-])c1ccc2c(ccn2[C@H]2CC(O)[C@@H](CO)O2)c1. The summed E-state index contributed by atoms with van der Waals surface area (Å²) in [5, 5.41) is 91.5. The van der Waals surface area contributed by atoms with Gasteiger partial charge in [-0.05, 0) is 198 Å². The van der Waals surface area contributed by atoms with Crippen LogP contribution in [0.5, 0.6) is 0 Å². The van der Waals surface area contributed by atoms with Crippen molar-refractivity contribution in [3.63, 3.8) is 0 Å². The molecule has 4 aliphatic heterocycles. The highest BCUT2D eigenvalue weighted by atomic mass is 19.1. The number of benzene rings is 6. The number of non-ortho nitro benzene ring substituents is 1. The van der Waals surface area contributed by atoms with Crippen LogP contribution in [0.1, 0.15) is 179 Å². The van der Waals surface area contributed by atoms with E-state index in [1.807, 2.05) is 240 Å². The number of aliphatic hydroxyl groups excluding tert-OH is 8. The first-order chi connectivity index (χ1) is 56.7. The Kier molecular flexibility index (Phi) is 32.7. The normalized spacial score (nSPS) is 21.0. The van der Waals surface area contributed by atoms with Crippen molar-refractivity contribution in [2.24, 2.45) is 0 Å². The summed E-state index contributed by atoms with van der Waals surface area (Å²) in [6.07, 6.45) is 8.26. The molecule has 4 saturated heterocycles. The maximum atomic E-state index is 13.6. The van der Waals surface area contributed by atoms with Gasteiger partial charge in [-0.1, -0.05) is 87.0 Å². The number of hydrogen-bond donors (Lipinski definition) is 8. The predicted molar refractivity (Wildman–Crippen MR) is 473 cm³/mol. The molecule has 0 bridgehead atoms. The van der Waals surface area contributed by atoms with Gasteiger partial charge in [0.05, 0.1) is 95.5 Å². The van der Waals surface area contributed by atoms with Gasteiger partial charge in [0.1, 0.15) is 54.7 Å². The molecule has 0 amide bonds. The Morgan fingerprint density at radius 2 is 1.00 bits per heavy atom. The highest BCUT2D eigenvalue weighted by Gasteiger charge is 2.39. The predicted octanol–water partition coefficient (Wildman–Crippen LogP) is 14.9. The number of halogens is 2. The molecular weight excluding hydrogens is 1560 g/mol. The molecule has 6 aromatic carbocycles. The molecule has 4 fully saturated rings. The van der Waals surface area contributed by atoms with Crippen molar-refractivity contribution in [3.8, 4) is 11.8 Å². The topological polar surface area (TPSA) is 336 Å². The van der Waals surface area contributed by atoms with Crippen LogP contribution < -0.4 is 16.7 Å². The van der Waals surface area contributed by atoms with Gasteiger partial charge in [-0.15, -0.1) is 5.92 Å². The van der Waals surface area contributed by atoms with Crippen LogP contribution in [0.15, 0.2) is 185 Å². The number of aromatic nitrogens is 7. The number of aryl methyl sites for hydroxylation is 6. The van der Waals surface area contributed by atoms with Gasteiger partial charge in [0.15, 0.2) is 0 Å². The zero-order chi connectivity index (χ0) is 87.7. The number of nitro benzene ring substituents is 1. The molecule has 122 heavy (non-hydrogen) atoms. The minimum Gasteiger partial charge on any atom is -0.394 e. The van der Waals surface area contributed by atoms with Crippen LogP contribution in [0, 0.1) is 75.1 Å². The lowest BCUT2D eigenvalue weighted by Gasteiger charge is -2.23. The molecule has 0 spiro atoms. The van der Waals surface area contributed by atoms with Gasteiger partial charge in [-0.3, -0.25) is 24.5 Å². The standard InChI is InChI=1S/C17H19NO.2C14H17NO.C13H14N2O5.C13H16N2O3.C12H14F2O3.C10H15NO3.2CH4/c1-6-8-13-11-18(17(3,4)5)16(19)15-12(2)9-7-10-14(13)15;1-10-5-6-12-11(9-10)7-8-15(13(12)16)14(2,3)4;1-10-6-5-7-11-8-9-15(14(2,3)4)13(16)12(10)11;16-7-12-11(17)6-13(20-12)14-4-3-8-5-9(15(18)19)1-2-10(8)14;1-8-3-2-4-9-13(8)14-7-15(9)12-5-10(17)11(6-16)18-12;1-6-2-7(9(14)3-8(6)13)11-4-10(16)12(5-15)17-11;1-7-2-3-11(5-7)10-4-8(13)9(6-12)14-10;;/h7,9-11H,1-5H3;2*5-9H,1-4H3;1-5,11-13,16-17H,6-7H2;2-4,7,10-12,16-17H,5-6H2,1H3;2-3,10-12,15-16H,4-5H2,1H3;2-3,5,8-10,12-13H,4,6H2,1H3;2*1H4/t;;;11?,12-,13-;2*10?,11-,12-;8?,9-,10-;;/m...1111../s1. The van der Waals surface area contributed by atoms with Crippen molar-refractivity contribution < 1.29 is 73.5 Å². The first kappa shape index (κ1) is 97.0. The fraction of sp³-hybridized carbons (Fsp3) is 0.432. The number of pyridine rings is 3. The van der Waals surface area contributed by atoms with E-state index in [9.17, 15) is 53.7 Å². The van der Waals surface area contributed by atoms with E-state index >= 15 is 0 Å². The van der Waals surface area contributed by atoms with Gasteiger partial charge in [-0.2, -0.15) is 0 Å². The summed E-state index contributed by atoms with van der Waals surface area (Å²) in [6, 6.07) is 38.3. The van der Waals surface area contributed by atoms with E-state index in [0.29, 0.717) is 24.8 Å². The highest BCUT2D eigenvalue weighted by Crippen LogP contribution is 2.38. The van der Waals surface area contributed by atoms with Gasteiger partial charge < -0.3 is 87.2 Å². The quantitative estimate of drug-likeness (QED) is 0.0378. The van der Waals surface area contributed by atoms with Crippen LogP contribution in [0.3, 0.4) is 0 Å². The molecule has 0 radical (unpaired) electrons. The van der Waals surface area contributed by atoms with Crippen molar-refractivity contribution in [3.05, 3.63) is 268 Å². The second kappa shape index (κ2) is 41.2. The molecule has 25 nitrogen and oxygen atoms in total. The second-order valence-corrected chi connectivity index (χ2v) is 33.8. The number of aliphatic hydroxyl groups is 8. The number of nitro groups is 1. The van der Waals surface area contributed by atoms with E-state index in [4.69, 9.17) is 39.4 Å². The molecule has 27 heteroatoms. The summed E-state index contributed by atoms with van der Waals surface area (Å²) < 4.78 is 59.7. The van der Waals surface area contributed by atoms with Crippen molar-refractivity contribution in [1.29, 1.82) is 0 Å². The van der Waals surface area contributed by atoms with Crippen LogP contribution in [0.2, 0.25) is 0 Å². The average molecular weight is 1680 g/mol. The third kappa shape index (κ3) is 22.5. The molecule has 8 N–H and O–H groups in total. The number of rotatable bonds is 9. The lowest BCUT2D eigenvalue weighted by molar-refractivity contribution is -0.384. The molecule has 656 valence electrons. The summed E-state index contributed by atoms with van der Waals surface area (Å²) in [7, 11) is 0. The molecule has 12 aromatic rings. The molecule has 12 atom stereocenters. The van der Waals surface area contributed by atoms with Gasteiger partial charge >= 0.3 is 0 Å². The van der Waals surface area contributed by atoms with Crippen molar-refractivity contribution in [1.82, 2.24) is 32.4 Å². The minimum absolute atomic E-state index is 0. The fourth-order valence-corrected chi connectivity index (χ4v) is 15.0. The Morgan fingerprint density at radius 3 is 1.56 bits per heavy atom.